The van der Waals surface area contributed by atoms with Crippen molar-refractivity contribution in [1.82, 2.24) is 14.9 Å². The van der Waals surface area contributed by atoms with Crippen molar-refractivity contribution < 1.29 is 24.1 Å². The summed E-state index contributed by atoms with van der Waals surface area (Å²) in [5, 5.41) is 10.6. The first kappa shape index (κ1) is 24.2. The molecule has 2 N–H and O–H groups in total. The highest BCUT2D eigenvalue weighted by Gasteiger charge is 2.21. The van der Waals surface area contributed by atoms with Gasteiger partial charge in [-0.2, -0.15) is 0 Å². The lowest BCUT2D eigenvalue weighted by Crippen LogP contribution is -2.37. The van der Waals surface area contributed by atoms with Crippen molar-refractivity contribution in [2.24, 2.45) is 0 Å². The third-order valence-corrected chi connectivity index (χ3v) is 5.48. The number of H-pyrrole nitrogens is 1. The number of aliphatic hydroxyl groups is 1. The van der Waals surface area contributed by atoms with Gasteiger partial charge in [0.1, 0.15) is 15.5 Å². The second-order valence-corrected chi connectivity index (χ2v) is 7.68. The van der Waals surface area contributed by atoms with E-state index >= 15 is 0 Å². The maximum atomic E-state index is 12.6. The monoisotopic (exact) mass is 439 g/mol. The van der Waals surface area contributed by atoms with Crippen molar-refractivity contribution >= 4 is 27.5 Å². The summed E-state index contributed by atoms with van der Waals surface area (Å²) in [6.45, 7) is 9.43. The topological polar surface area (TPSA) is 114 Å². The number of methoxy groups -OCH3 is 1. The average Bonchev–Trinajstić information content (AvgIpc) is 3.03. The number of hydrogen-bond donors (Lipinski definition) is 2. The molecule has 0 aromatic carbocycles. The fourth-order valence-corrected chi connectivity index (χ4v) is 4.05. The predicted molar refractivity (Wildman–Crippen MR) is 115 cm³/mol. The minimum Gasteiger partial charge on any atom is -0.462 e. The molecule has 2 aromatic heterocycles. The van der Waals surface area contributed by atoms with E-state index in [0.717, 1.165) is 11.3 Å². The van der Waals surface area contributed by atoms with E-state index in [1.54, 1.807) is 27.0 Å². The molecule has 0 aliphatic rings. The van der Waals surface area contributed by atoms with Gasteiger partial charge in [0.2, 0.25) is 0 Å². The Bertz CT molecular complexity index is 910. The lowest BCUT2D eigenvalue weighted by Gasteiger charge is -2.24. The number of nitrogens with zero attached hydrogens (tertiary/aromatic N) is 2. The summed E-state index contributed by atoms with van der Waals surface area (Å²) in [6.07, 6.45) is 0.906. The van der Waals surface area contributed by atoms with Crippen LogP contribution in [0.1, 0.15) is 28.0 Å². The number of fused-ring (bicyclic) bond motifs is 1. The Labute approximate surface area is 179 Å². The molecule has 0 fully saturated rings. The molecule has 0 aliphatic heterocycles. The normalized spacial score (nSPS) is 12.4. The molecule has 0 saturated carbocycles. The number of rotatable bonds is 13. The molecule has 1 unspecified atom stereocenters. The molecule has 30 heavy (non-hydrogen) atoms. The van der Waals surface area contributed by atoms with Crippen molar-refractivity contribution in [1.29, 1.82) is 0 Å². The van der Waals surface area contributed by atoms with Gasteiger partial charge in [0.25, 0.3) is 5.56 Å². The third-order valence-electron chi connectivity index (χ3n) is 4.31. The Hall–Kier alpha value is -2.11. The highest BCUT2D eigenvalue weighted by Crippen LogP contribution is 2.27. The molecule has 10 heteroatoms. The van der Waals surface area contributed by atoms with E-state index in [-0.39, 0.29) is 18.8 Å². The van der Waals surface area contributed by atoms with E-state index < -0.39 is 12.1 Å². The zero-order valence-corrected chi connectivity index (χ0v) is 18.4. The number of aryl methyl sites for hydroxylation is 1. The van der Waals surface area contributed by atoms with Crippen LogP contribution < -0.4 is 5.56 Å². The minimum atomic E-state index is -0.711. The quantitative estimate of drug-likeness (QED) is 0.274. The van der Waals surface area contributed by atoms with Gasteiger partial charge in [0.05, 0.1) is 44.5 Å². The van der Waals surface area contributed by atoms with Gasteiger partial charge in [-0.3, -0.25) is 9.69 Å². The molecule has 0 aliphatic carbocycles. The minimum absolute atomic E-state index is 0.172. The number of carbonyl (C=O) groups excluding carboxylic acids is 1. The number of aromatic amines is 1. The van der Waals surface area contributed by atoms with Gasteiger partial charge >= 0.3 is 5.97 Å². The van der Waals surface area contributed by atoms with E-state index in [2.05, 4.69) is 16.5 Å². The molecule has 2 aromatic rings. The molecule has 9 nitrogen and oxygen atoms in total. The number of nitrogens with one attached hydrogen (secondary N) is 1. The number of ether oxygens (including phenoxy) is 3. The van der Waals surface area contributed by atoms with Gasteiger partial charge in [-0.05, 0) is 19.4 Å². The molecule has 1 atom stereocenters. The van der Waals surface area contributed by atoms with Crippen LogP contribution in [-0.4, -0.2) is 78.7 Å². The molecule has 2 rings (SSSR count). The molecular weight excluding hydrogens is 410 g/mol. The van der Waals surface area contributed by atoms with Gasteiger partial charge in [0, 0.05) is 20.2 Å². The SMILES string of the molecule is C=CCOCC(O)CN(CCOC)Cc1nc2sc(C(=O)OCC)c(C)c2c(=O)[nH]1. The Balaban J connectivity index is 2.22. The summed E-state index contributed by atoms with van der Waals surface area (Å²) >= 11 is 1.15. The lowest BCUT2D eigenvalue weighted by molar-refractivity contribution is 0.0188. The van der Waals surface area contributed by atoms with Crippen LogP contribution in [0, 0.1) is 6.92 Å². The van der Waals surface area contributed by atoms with Crippen LogP contribution in [0.4, 0.5) is 0 Å². The second-order valence-electron chi connectivity index (χ2n) is 6.68. The van der Waals surface area contributed by atoms with E-state index in [1.165, 1.54) is 0 Å². The van der Waals surface area contributed by atoms with Gasteiger partial charge in [-0.25, -0.2) is 9.78 Å². The summed E-state index contributed by atoms with van der Waals surface area (Å²) in [7, 11) is 1.60. The molecule has 0 amide bonds. The van der Waals surface area contributed by atoms with Crippen LogP contribution in [0.5, 0.6) is 0 Å². The third kappa shape index (κ3) is 6.44. The van der Waals surface area contributed by atoms with Crippen LogP contribution in [0.15, 0.2) is 17.4 Å². The van der Waals surface area contributed by atoms with Crippen LogP contribution in [0.2, 0.25) is 0 Å². The van der Waals surface area contributed by atoms with Crippen molar-refractivity contribution in [3.8, 4) is 0 Å². The second kappa shape index (κ2) is 11.9. The van der Waals surface area contributed by atoms with Crippen molar-refractivity contribution in [3.63, 3.8) is 0 Å². The van der Waals surface area contributed by atoms with E-state index in [1.807, 2.05) is 4.90 Å². The van der Waals surface area contributed by atoms with Crippen molar-refractivity contribution in [2.45, 2.75) is 26.5 Å². The van der Waals surface area contributed by atoms with Gasteiger partial charge in [-0.1, -0.05) is 6.08 Å². The Kier molecular flexibility index (Phi) is 9.60. The van der Waals surface area contributed by atoms with E-state index in [9.17, 15) is 14.7 Å². The maximum Gasteiger partial charge on any atom is 0.348 e. The Morgan fingerprint density at radius 3 is 2.90 bits per heavy atom. The first-order valence-electron chi connectivity index (χ1n) is 9.68. The van der Waals surface area contributed by atoms with Gasteiger partial charge in [0.15, 0.2) is 0 Å². The highest BCUT2D eigenvalue weighted by atomic mass is 32.1. The number of thiophene rings is 1. The number of aliphatic hydroxyl groups excluding tert-OH is 1. The van der Waals surface area contributed by atoms with Gasteiger partial charge < -0.3 is 24.3 Å². The summed E-state index contributed by atoms with van der Waals surface area (Å²) in [5.74, 6) is -0.0113. The van der Waals surface area contributed by atoms with Crippen LogP contribution in [-0.2, 0) is 20.8 Å². The Morgan fingerprint density at radius 2 is 2.23 bits per heavy atom. The fourth-order valence-electron chi connectivity index (χ4n) is 2.96. The summed E-state index contributed by atoms with van der Waals surface area (Å²) in [6, 6.07) is 0. The van der Waals surface area contributed by atoms with Crippen molar-refractivity contribution in [3.05, 3.63) is 39.3 Å². The number of hydrogen-bond acceptors (Lipinski definition) is 9. The largest absolute Gasteiger partial charge is 0.462 e. The first-order valence-corrected chi connectivity index (χ1v) is 10.5. The summed E-state index contributed by atoms with van der Waals surface area (Å²) in [5.41, 5.74) is 0.264. The highest BCUT2D eigenvalue weighted by molar-refractivity contribution is 7.20. The number of carbonyl (C=O) groups is 1. The summed E-state index contributed by atoms with van der Waals surface area (Å²) < 4.78 is 15.5. The van der Waals surface area contributed by atoms with Crippen LogP contribution in [0.25, 0.3) is 10.2 Å². The van der Waals surface area contributed by atoms with Crippen LogP contribution >= 0.6 is 11.3 Å². The first-order chi connectivity index (χ1) is 14.4. The molecule has 166 valence electrons. The zero-order chi connectivity index (χ0) is 22.1. The molecular formula is C20H29N3O6S. The number of aromatic nitrogens is 2. The van der Waals surface area contributed by atoms with Crippen molar-refractivity contribution in [2.75, 3.05) is 46.6 Å². The molecule has 0 saturated heterocycles. The predicted octanol–water partition coefficient (Wildman–Crippen LogP) is 1.48. The Morgan fingerprint density at radius 1 is 1.47 bits per heavy atom. The van der Waals surface area contributed by atoms with E-state index in [0.29, 0.717) is 59.3 Å². The molecule has 0 bridgehead atoms. The van der Waals surface area contributed by atoms with Gasteiger partial charge in [-0.15, -0.1) is 17.9 Å². The lowest BCUT2D eigenvalue weighted by atomic mass is 10.2. The summed E-state index contributed by atoms with van der Waals surface area (Å²) in [4.78, 5) is 34.9. The maximum absolute atomic E-state index is 12.6. The van der Waals surface area contributed by atoms with E-state index in [4.69, 9.17) is 14.2 Å². The van der Waals surface area contributed by atoms with Crippen LogP contribution in [0.3, 0.4) is 0 Å². The number of esters is 1. The zero-order valence-electron chi connectivity index (χ0n) is 17.6. The molecule has 0 radical (unpaired) electrons. The molecule has 0 spiro atoms. The standard InChI is InChI=1S/C20H29N3O6S/c1-5-8-28-12-14(24)10-23(7-9-27-4)11-15-21-18(25)16-13(3)17(20(26)29-6-2)30-19(16)22-15/h5,14,24H,1,6-12H2,2-4H3,(H,21,22,25). The smallest absolute Gasteiger partial charge is 0.348 e. The fraction of sp³-hybridized carbons (Fsp3) is 0.550. The molecule has 2 heterocycles. The average molecular weight is 440 g/mol.